The lowest BCUT2D eigenvalue weighted by Crippen LogP contribution is -2.43. The zero-order chi connectivity index (χ0) is 17.1. The average molecular weight is 327 g/mol. The number of nitrogens with zero attached hydrogens (tertiary/aromatic N) is 2. The largest absolute Gasteiger partial charge is 0.370 e. The predicted octanol–water partition coefficient (Wildman–Crippen LogP) is 2.11. The molecular weight excluding hydrogens is 306 g/mol. The highest BCUT2D eigenvalue weighted by Gasteiger charge is 2.27. The normalized spacial score (nSPS) is 18.0. The van der Waals surface area contributed by atoms with Crippen molar-refractivity contribution < 1.29 is 9.53 Å². The summed E-state index contributed by atoms with van der Waals surface area (Å²) in [6, 6.07) is 7.18. The van der Waals surface area contributed by atoms with Gasteiger partial charge in [0.2, 0.25) is 0 Å². The van der Waals surface area contributed by atoms with Crippen molar-refractivity contribution in [3.63, 3.8) is 0 Å². The maximum absolute atomic E-state index is 12.7. The molecule has 126 valence electrons. The molecule has 1 aliphatic rings. The minimum absolute atomic E-state index is 0.176. The van der Waals surface area contributed by atoms with E-state index >= 15 is 0 Å². The van der Waals surface area contributed by atoms with E-state index in [0.29, 0.717) is 19.7 Å². The lowest BCUT2D eigenvalue weighted by molar-refractivity contribution is -0.0229. The number of amides is 1. The van der Waals surface area contributed by atoms with Gasteiger partial charge in [0.15, 0.2) is 0 Å². The molecule has 3 heterocycles. The first kappa shape index (κ1) is 16.4. The third-order valence-corrected chi connectivity index (χ3v) is 4.22. The summed E-state index contributed by atoms with van der Waals surface area (Å²) in [7, 11) is 0. The molecule has 0 aliphatic carbocycles. The van der Waals surface area contributed by atoms with E-state index in [1.165, 1.54) is 0 Å². The molecule has 24 heavy (non-hydrogen) atoms. The number of aromatic nitrogens is 2. The molecule has 1 N–H and O–H groups in total. The van der Waals surface area contributed by atoms with Gasteiger partial charge >= 0.3 is 0 Å². The van der Waals surface area contributed by atoms with Gasteiger partial charge in [0.25, 0.3) is 11.5 Å². The van der Waals surface area contributed by atoms with Crippen molar-refractivity contribution in [3.8, 4) is 0 Å². The van der Waals surface area contributed by atoms with Crippen LogP contribution in [0, 0.1) is 0 Å². The molecule has 0 spiro atoms. The highest BCUT2D eigenvalue weighted by atomic mass is 16.5. The Morgan fingerprint density at radius 1 is 1.29 bits per heavy atom. The molecule has 1 saturated heterocycles. The first-order valence-corrected chi connectivity index (χ1v) is 8.10. The van der Waals surface area contributed by atoms with Crippen LogP contribution < -0.4 is 5.56 Å². The Balaban J connectivity index is 1.79. The molecule has 2 aromatic rings. The lowest BCUT2D eigenvalue weighted by Gasteiger charge is -2.33. The smallest absolute Gasteiger partial charge is 0.261 e. The highest BCUT2D eigenvalue weighted by Crippen LogP contribution is 2.22. The van der Waals surface area contributed by atoms with Crippen molar-refractivity contribution in [1.29, 1.82) is 0 Å². The van der Waals surface area contributed by atoms with Crippen molar-refractivity contribution in [2.75, 3.05) is 19.7 Å². The van der Waals surface area contributed by atoms with Crippen LogP contribution in [-0.2, 0) is 4.74 Å². The number of carbonyl (C=O) groups excluding carboxylic acids is 1. The first-order valence-electron chi connectivity index (χ1n) is 8.10. The van der Waals surface area contributed by atoms with Crippen LogP contribution >= 0.6 is 0 Å². The second-order valence-corrected chi connectivity index (χ2v) is 6.20. The van der Waals surface area contributed by atoms with E-state index in [0.717, 1.165) is 11.3 Å². The molecule has 1 aliphatic heterocycles. The summed E-state index contributed by atoms with van der Waals surface area (Å²) >= 11 is 0. The number of pyridine rings is 2. The van der Waals surface area contributed by atoms with E-state index in [4.69, 9.17) is 4.74 Å². The van der Waals surface area contributed by atoms with Crippen molar-refractivity contribution in [2.24, 2.45) is 0 Å². The molecule has 2 aromatic heterocycles. The Morgan fingerprint density at radius 2 is 2.04 bits per heavy atom. The lowest BCUT2D eigenvalue weighted by atomic mass is 10.1. The summed E-state index contributed by atoms with van der Waals surface area (Å²) < 4.78 is 5.75. The van der Waals surface area contributed by atoms with Gasteiger partial charge in [-0.1, -0.05) is 13.8 Å². The number of carbonyl (C=O) groups is 1. The maximum atomic E-state index is 12.7. The van der Waals surface area contributed by atoms with E-state index in [2.05, 4.69) is 9.97 Å². The van der Waals surface area contributed by atoms with Gasteiger partial charge in [-0.2, -0.15) is 0 Å². The Labute approximate surface area is 140 Å². The number of ether oxygens (including phenoxy) is 1. The zero-order valence-electron chi connectivity index (χ0n) is 13.9. The predicted molar refractivity (Wildman–Crippen MR) is 90.0 cm³/mol. The Morgan fingerprint density at radius 3 is 2.71 bits per heavy atom. The molecule has 6 nitrogen and oxygen atoms in total. The Hall–Kier alpha value is -2.47. The molecule has 0 saturated carbocycles. The molecule has 0 unspecified atom stereocenters. The van der Waals surface area contributed by atoms with E-state index in [1.807, 2.05) is 26.0 Å². The van der Waals surface area contributed by atoms with Crippen LogP contribution in [0.5, 0.6) is 0 Å². The number of nitrogens with one attached hydrogen (secondary N) is 1. The quantitative estimate of drug-likeness (QED) is 0.937. The van der Waals surface area contributed by atoms with Crippen LogP contribution in [0.15, 0.2) is 41.5 Å². The minimum atomic E-state index is -0.335. The van der Waals surface area contributed by atoms with E-state index in [1.54, 1.807) is 29.4 Å². The minimum Gasteiger partial charge on any atom is -0.370 e. The van der Waals surface area contributed by atoms with Gasteiger partial charge in [-0.25, -0.2) is 0 Å². The molecule has 6 heteroatoms. The Kier molecular flexibility index (Phi) is 4.76. The Bertz CT molecular complexity index is 771. The number of aromatic amines is 1. The maximum Gasteiger partial charge on any atom is 0.261 e. The van der Waals surface area contributed by atoms with Crippen molar-refractivity contribution in [3.05, 3.63) is 63.8 Å². The number of morpholine rings is 1. The van der Waals surface area contributed by atoms with Crippen LogP contribution in [0.1, 0.15) is 47.5 Å². The fourth-order valence-corrected chi connectivity index (χ4v) is 2.78. The standard InChI is InChI=1S/C18H21N3O3/c1-12(2)15-4-3-14(17(22)20-15)18(23)21-9-10-24-16(11-21)13-5-7-19-8-6-13/h3-8,12,16H,9-11H2,1-2H3,(H,20,22)/t16-/m1/s1. The van der Waals surface area contributed by atoms with Gasteiger partial charge in [-0.3, -0.25) is 14.6 Å². The molecule has 3 rings (SSSR count). The number of hydrogen-bond acceptors (Lipinski definition) is 4. The monoisotopic (exact) mass is 327 g/mol. The summed E-state index contributed by atoms with van der Waals surface area (Å²) in [5.74, 6) is -0.0461. The summed E-state index contributed by atoms with van der Waals surface area (Å²) in [4.78, 5) is 33.4. The van der Waals surface area contributed by atoms with Crippen molar-refractivity contribution in [2.45, 2.75) is 25.9 Å². The third kappa shape index (κ3) is 3.38. The van der Waals surface area contributed by atoms with Gasteiger partial charge in [0.1, 0.15) is 11.7 Å². The number of hydrogen-bond donors (Lipinski definition) is 1. The third-order valence-electron chi connectivity index (χ3n) is 4.22. The number of H-pyrrole nitrogens is 1. The molecule has 1 amide bonds. The summed E-state index contributed by atoms with van der Waals surface area (Å²) in [6.07, 6.45) is 3.21. The van der Waals surface area contributed by atoms with E-state index in [-0.39, 0.29) is 29.1 Å². The second-order valence-electron chi connectivity index (χ2n) is 6.20. The van der Waals surface area contributed by atoms with Gasteiger partial charge in [0.05, 0.1) is 13.2 Å². The van der Waals surface area contributed by atoms with E-state index in [9.17, 15) is 9.59 Å². The molecule has 1 fully saturated rings. The van der Waals surface area contributed by atoms with Gasteiger partial charge < -0.3 is 14.6 Å². The summed E-state index contributed by atoms with van der Waals surface area (Å²) in [5.41, 5.74) is 1.65. The molecule has 1 atom stereocenters. The van der Waals surface area contributed by atoms with Crippen LogP contribution in [0.4, 0.5) is 0 Å². The number of rotatable bonds is 3. The fourth-order valence-electron chi connectivity index (χ4n) is 2.78. The van der Waals surface area contributed by atoms with Crippen LogP contribution in [0.3, 0.4) is 0 Å². The van der Waals surface area contributed by atoms with Crippen LogP contribution in [-0.4, -0.2) is 40.5 Å². The summed E-state index contributed by atoms with van der Waals surface area (Å²) in [5, 5.41) is 0. The molecule has 0 radical (unpaired) electrons. The average Bonchev–Trinajstić information content (AvgIpc) is 2.62. The van der Waals surface area contributed by atoms with Crippen molar-refractivity contribution in [1.82, 2.24) is 14.9 Å². The van der Waals surface area contributed by atoms with Gasteiger partial charge in [-0.15, -0.1) is 0 Å². The molecule has 0 bridgehead atoms. The van der Waals surface area contributed by atoms with Crippen LogP contribution in [0.25, 0.3) is 0 Å². The van der Waals surface area contributed by atoms with Gasteiger partial charge in [-0.05, 0) is 35.7 Å². The fraction of sp³-hybridized carbons (Fsp3) is 0.389. The highest BCUT2D eigenvalue weighted by molar-refractivity contribution is 5.94. The van der Waals surface area contributed by atoms with Crippen molar-refractivity contribution >= 4 is 5.91 Å². The first-order chi connectivity index (χ1) is 11.6. The topological polar surface area (TPSA) is 75.3 Å². The zero-order valence-corrected chi connectivity index (χ0v) is 13.9. The second kappa shape index (κ2) is 6.97. The van der Waals surface area contributed by atoms with E-state index < -0.39 is 0 Å². The molecular formula is C18H21N3O3. The molecule has 0 aromatic carbocycles. The van der Waals surface area contributed by atoms with Crippen LogP contribution in [0.2, 0.25) is 0 Å². The summed E-state index contributed by atoms with van der Waals surface area (Å²) in [6.45, 7) is 5.34. The SMILES string of the molecule is CC(C)c1ccc(C(=O)N2CCO[C@@H](c3ccncc3)C2)c(=O)[nH]1. The van der Waals surface area contributed by atoms with Gasteiger partial charge in [0, 0.05) is 24.6 Å².